The first kappa shape index (κ1) is 13.9. The number of H-pyrrole nitrogens is 1. The summed E-state index contributed by atoms with van der Waals surface area (Å²) < 4.78 is 0. The molecule has 1 aliphatic rings. The Morgan fingerprint density at radius 2 is 2.04 bits per heavy atom. The van der Waals surface area contributed by atoms with Crippen molar-refractivity contribution in [2.45, 2.75) is 25.8 Å². The van der Waals surface area contributed by atoms with Crippen LogP contribution in [0.3, 0.4) is 0 Å². The molecule has 0 bridgehead atoms. The van der Waals surface area contributed by atoms with Gasteiger partial charge in [-0.1, -0.05) is 30.3 Å². The average Bonchev–Trinajstić information content (AvgIpc) is 3.23. The van der Waals surface area contributed by atoms with Gasteiger partial charge in [0.2, 0.25) is 0 Å². The minimum Gasteiger partial charge on any atom is -0.346 e. The lowest BCUT2D eigenvalue weighted by Gasteiger charge is -2.24. The van der Waals surface area contributed by atoms with E-state index < -0.39 is 0 Å². The van der Waals surface area contributed by atoms with Gasteiger partial charge >= 0.3 is 0 Å². The second-order valence-electron chi connectivity index (χ2n) is 5.94. The second-order valence-corrected chi connectivity index (χ2v) is 5.94. The number of hydrogen-bond acceptors (Lipinski definition) is 4. The number of benzene rings is 1. The van der Waals surface area contributed by atoms with E-state index in [1.54, 1.807) is 6.92 Å². The molecule has 1 N–H and O–H groups in total. The number of fused-ring (bicyclic) bond motifs is 1. The highest BCUT2D eigenvalue weighted by Crippen LogP contribution is 2.32. The van der Waals surface area contributed by atoms with Gasteiger partial charge in [0, 0.05) is 18.3 Å². The van der Waals surface area contributed by atoms with E-state index in [1.165, 1.54) is 0 Å². The number of hydrogen-bond donors (Lipinski definition) is 1. The van der Waals surface area contributed by atoms with E-state index >= 15 is 0 Å². The third kappa shape index (κ3) is 2.38. The van der Waals surface area contributed by atoms with Gasteiger partial charge in [0.05, 0.1) is 11.4 Å². The molecule has 1 aromatic carbocycles. The largest absolute Gasteiger partial charge is 0.346 e. The Kier molecular flexibility index (Phi) is 3.33. The summed E-state index contributed by atoms with van der Waals surface area (Å²) in [6.45, 7) is 2.52. The molecule has 5 heteroatoms. The van der Waals surface area contributed by atoms with E-state index in [-0.39, 0.29) is 11.8 Å². The molecule has 0 spiro atoms. The van der Waals surface area contributed by atoms with Crippen molar-refractivity contribution < 1.29 is 4.79 Å². The Morgan fingerprint density at radius 1 is 1.22 bits per heavy atom. The zero-order valence-corrected chi connectivity index (χ0v) is 13.0. The fourth-order valence-corrected chi connectivity index (χ4v) is 3.30. The Bertz CT molecular complexity index is 856. The summed E-state index contributed by atoms with van der Waals surface area (Å²) in [5.41, 5.74) is 1.78. The maximum atomic E-state index is 12.0. The van der Waals surface area contributed by atoms with Crippen LogP contribution in [0.1, 0.15) is 19.8 Å². The molecule has 2 aromatic heterocycles. The summed E-state index contributed by atoms with van der Waals surface area (Å²) >= 11 is 0. The molecule has 3 aromatic rings. The van der Waals surface area contributed by atoms with Crippen LogP contribution in [0.2, 0.25) is 0 Å². The van der Waals surface area contributed by atoms with Crippen LogP contribution in [-0.2, 0) is 4.79 Å². The van der Waals surface area contributed by atoms with Gasteiger partial charge in [-0.2, -0.15) is 0 Å². The molecule has 116 valence electrons. The highest BCUT2D eigenvalue weighted by molar-refractivity contribution is 5.93. The van der Waals surface area contributed by atoms with Crippen LogP contribution in [0.5, 0.6) is 0 Å². The molecule has 0 saturated carbocycles. The first-order valence-electron chi connectivity index (χ1n) is 7.91. The Labute approximate surface area is 134 Å². The van der Waals surface area contributed by atoms with Crippen molar-refractivity contribution >= 4 is 22.6 Å². The van der Waals surface area contributed by atoms with Crippen LogP contribution >= 0.6 is 0 Å². The molecule has 0 aliphatic carbocycles. The molecule has 1 atom stereocenters. The minimum atomic E-state index is -0.0772. The van der Waals surface area contributed by atoms with Crippen molar-refractivity contribution in [3.63, 3.8) is 0 Å². The number of nitrogens with one attached hydrogen (secondary N) is 1. The number of aromatic nitrogens is 3. The van der Waals surface area contributed by atoms with Gasteiger partial charge in [0.1, 0.15) is 11.5 Å². The van der Waals surface area contributed by atoms with Crippen molar-refractivity contribution in [1.29, 1.82) is 0 Å². The van der Waals surface area contributed by atoms with E-state index in [0.717, 1.165) is 41.8 Å². The van der Waals surface area contributed by atoms with Gasteiger partial charge in [-0.05, 0) is 25.8 Å². The summed E-state index contributed by atoms with van der Waals surface area (Å²) in [5.74, 6) is 1.74. The van der Waals surface area contributed by atoms with E-state index in [1.807, 2.05) is 42.6 Å². The van der Waals surface area contributed by atoms with Crippen LogP contribution in [-0.4, -0.2) is 33.3 Å². The zero-order chi connectivity index (χ0) is 15.8. The fraction of sp³-hybridized carbons (Fsp3) is 0.278. The summed E-state index contributed by atoms with van der Waals surface area (Å²) in [5, 5.41) is 0.970. The van der Waals surface area contributed by atoms with Crippen molar-refractivity contribution in [2.75, 3.05) is 11.4 Å². The van der Waals surface area contributed by atoms with Gasteiger partial charge in [0.25, 0.3) is 0 Å². The van der Waals surface area contributed by atoms with Crippen LogP contribution in [0.25, 0.3) is 22.4 Å². The molecule has 3 heterocycles. The molecular formula is C18H18N4O. The number of ketones is 1. The lowest BCUT2D eigenvalue weighted by atomic mass is 10.1. The second kappa shape index (κ2) is 5.50. The third-order valence-electron chi connectivity index (χ3n) is 4.42. The first-order chi connectivity index (χ1) is 11.2. The molecule has 5 nitrogen and oxygen atoms in total. The number of Topliss-reactive ketones (excluding diaryl/α,β-unsaturated/α-hetero) is 1. The Hall–Kier alpha value is -2.69. The number of anilines is 1. The Morgan fingerprint density at radius 3 is 2.83 bits per heavy atom. The highest BCUT2D eigenvalue weighted by Gasteiger charge is 2.31. The molecule has 1 saturated heterocycles. The van der Waals surface area contributed by atoms with Crippen LogP contribution in [0.15, 0.2) is 42.6 Å². The molecule has 0 amide bonds. The van der Waals surface area contributed by atoms with Gasteiger partial charge in [0.15, 0.2) is 11.6 Å². The highest BCUT2D eigenvalue weighted by atomic mass is 16.1. The average molecular weight is 306 g/mol. The monoisotopic (exact) mass is 306 g/mol. The van der Waals surface area contributed by atoms with Gasteiger partial charge in [-0.25, -0.2) is 9.97 Å². The topological polar surface area (TPSA) is 61.9 Å². The molecule has 1 fully saturated rings. The molecule has 1 aliphatic heterocycles. The maximum absolute atomic E-state index is 12.0. The number of rotatable bonds is 3. The fourth-order valence-electron chi connectivity index (χ4n) is 3.30. The van der Waals surface area contributed by atoms with Crippen LogP contribution in [0.4, 0.5) is 5.82 Å². The standard InChI is InChI=1S/C18H18N4O/c1-12(23)15-8-5-11-22(15)18-14-9-10-19-17(14)20-16(21-18)13-6-3-2-4-7-13/h2-4,6-7,9-10,15H,5,8,11H2,1H3,(H,19,20,21)/t15-/m0/s1. The maximum Gasteiger partial charge on any atom is 0.163 e. The quantitative estimate of drug-likeness (QED) is 0.807. The summed E-state index contributed by atoms with van der Waals surface area (Å²) in [6.07, 6.45) is 3.78. The summed E-state index contributed by atoms with van der Waals surface area (Å²) in [7, 11) is 0. The summed E-state index contributed by atoms with van der Waals surface area (Å²) in [6, 6.07) is 11.8. The Balaban J connectivity index is 1.88. The molecule has 4 rings (SSSR count). The number of carbonyl (C=O) groups is 1. The van der Waals surface area contributed by atoms with E-state index in [4.69, 9.17) is 4.98 Å². The zero-order valence-electron chi connectivity index (χ0n) is 13.0. The molecule has 0 unspecified atom stereocenters. The van der Waals surface area contributed by atoms with Crippen molar-refractivity contribution in [2.24, 2.45) is 0 Å². The van der Waals surface area contributed by atoms with E-state index in [2.05, 4.69) is 14.9 Å². The number of nitrogens with zero attached hydrogens (tertiary/aromatic N) is 3. The van der Waals surface area contributed by atoms with Crippen LogP contribution < -0.4 is 4.90 Å². The molecule has 0 radical (unpaired) electrons. The lowest BCUT2D eigenvalue weighted by Crippen LogP contribution is -2.35. The predicted octanol–water partition coefficient (Wildman–Crippen LogP) is 3.18. The van der Waals surface area contributed by atoms with Gasteiger partial charge in [-0.15, -0.1) is 0 Å². The summed E-state index contributed by atoms with van der Waals surface area (Å²) in [4.78, 5) is 26.7. The molecule has 23 heavy (non-hydrogen) atoms. The normalized spacial score (nSPS) is 17.8. The number of aromatic amines is 1. The van der Waals surface area contributed by atoms with Crippen molar-refractivity contribution in [1.82, 2.24) is 15.0 Å². The van der Waals surface area contributed by atoms with E-state index in [9.17, 15) is 4.79 Å². The third-order valence-corrected chi connectivity index (χ3v) is 4.42. The lowest BCUT2D eigenvalue weighted by molar-refractivity contribution is -0.118. The number of carbonyl (C=O) groups excluding carboxylic acids is 1. The van der Waals surface area contributed by atoms with E-state index in [0.29, 0.717) is 5.82 Å². The van der Waals surface area contributed by atoms with Gasteiger partial charge < -0.3 is 9.88 Å². The first-order valence-corrected chi connectivity index (χ1v) is 7.91. The minimum absolute atomic E-state index is 0.0772. The van der Waals surface area contributed by atoms with Gasteiger partial charge in [-0.3, -0.25) is 4.79 Å². The predicted molar refractivity (Wildman–Crippen MR) is 90.4 cm³/mol. The van der Waals surface area contributed by atoms with Crippen molar-refractivity contribution in [3.05, 3.63) is 42.6 Å². The smallest absolute Gasteiger partial charge is 0.163 e. The van der Waals surface area contributed by atoms with Crippen LogP contribution in [0, 0.1) is 0 Å². The SMILES string of the molecule is CC(=O)[C@@H]1CCCN1c1nc(-c2ccccc2)nc2[nH]ccc12. The van der Waals surface area contributed by atoms with Crippen molar-refractivity contribution in [3.8, 4) is 11.4 Å². The molecular weight excluding hydrogens is 288 g/mol.